The molecule has 51 heavy (non-hydrogen) atoms. The first-order valence-corrected chi connectivity index (χ1v) is 21.3. The van der Waals surface area contributed by atoms with Crippen LogP contribution in [0, 0.1) is 5.92 Å². The number of aliphatic hydroxyl groups is 1. The summed E-state index contributed by atoms with van der Waals surface area (Å²) in [6, 6.07) is 14.3. The average molecular weight is 718 g/mol. The normalized spacial score (nSPS) is 23.3. The average Bonchev–Trinajstić information content (AvgIpc) is 3.78. The predicted octanol–water partition coefficient (Wildman–Crippen LogP) is 4.33. The van der Waals surface area contributed by atoms with Crippen molar-refractivity contribution in [2.45, 2.75) is 95.2 Å². The minimum Gasteiger partial charge on any atom is -0.497 e. The number of amides is 2. The minimum atomic E-state index is -2.37. The number of aliphatic hydroxyl groups excluding tert-OH is 1. The molecule has 2 aromatic carbocycles. The van der Waals surface area contributed by atoms with E-state index in [4.69, 9.17) is 14.2 Å². The number of carbonyl (C=O) groups excluding carboxylic acids is 3. The second-order valence-corrected chi connectivity index (χ2v) is 19.3. The van der Waals surface area contributed by atoms with Crippen molar-refractivity contribution in [3.63, 3.8) is 0 Å². The summed E-state index contributed by atoms with van der Waals surface area (Å²) in [5.74, 6) is 0.320. The number of anilines is 2. The Hall–Kier alpha value is -4.07. The number of fused-ring (bicyclic) bond motifs is 2. The van der Waals surface area contributed by atoms with E-state index < -0.39 is 13.7 Å². The Morgan fingerprint density at radius 2 is 1.86 bits per heavy atom. The van der Waals surface area contributed by atoms with Crippen LogP contribution in [0.1, 0.15) is 63.1 Å². The molecule has 12 nitrogen and oxygen atoms in total. The van der Waals surface area contributed by atoms with Crippen LogP contribution in [0.25, 0.3) is 0 Å². The number of esters is 1. The van der Waals surface area contributed by atoms with Gasteiger partial charge in [-0.05, 0) is 68.0 Å². The van der Waals surface area contributed by atoms with Gasteiger partial charge in [0.25, 0.3) is 5.91 Å². The maximum absolute atomic E-state index is 15.1. The van der Waals surface area contributed by atoms with Crippen molar-refractivity contribution in [1.29, 1.82) is 0 Å². The van der Waals surface area contributed by atoms with E-state index in [1.54, 1.807) is 11.8 Å². The fourth-order valence-electron chi connectivity index (χ4n) is 8.62. The number of ether oxygens (including phenoxy) is 3. The highest BCUT2D eigenvalue weighted by molar-refractivity contribution is 6.91. The molecule has 4 heterocycles. The summed E-state index contributed by atoms with van der Waals surface area (Å²) in [4.78, 5) is 43.8. The van der Waals surface area contributed by atoms with Gasteiger partial charge in [-0.2, -0.15) is 0 Å². The number of carbonyl (C=O) groups is 3. The number of benzene rings is 2. The Morgan fingerprint density at radius 1 is 1.08 bits per heavy atom. The topological polar surface area (TPSA) is 136 Å². The SMILES string of the molecule is COC(=O)CCCCN1C(=O)[C@]2(O[C@H](CCn3cc(CCO)nn3)[C@@H]([Si](C)(C)c3ccc(OC)cc3)[C@@H]2C)c2cc(N3CCCCC3=O)ccc21. The van der Waals surface area contributed by atoms with Crippen LogP contribution in [0.2, 0.25) is 18.6 Å². The Labute approximate surface area is 301 Å². The van der Waals surface area contributed by atoms with E-state index in [2.05, 4.69) is 42.5 Å². The van der Waals surface area contributed by atoms with Crippen molar-refractivity contribution < 1.29 is 33.7 Å². The summed E-state index contributed by atoms with van der Waals surface area (Å²) in [5, 5.41) is 19.2. The van der Waals surface area contributed by atoms with Crippen LogP contribution < -0.4 is 19.7 Å². The Bertz CT molecular complexity index is 1730. The summed E-state index contributed by atoms with van der Waals surface area (Å²) >= 11 is 0. The largest absolute Gasteiger partial charge is 0.497 e. The molecule has 0 aliphatic carbocycles. The first-order valence-electron chi connectivity index (χ1n) is 18.2. The number of hydrogen-bond donors (Lipinski definition) is 1. The van der Waals surface area contributed by atoms with Gasteiger partial charge in [0.1, 0.15) is 5.75 Å². The summed E-state index contributed by atoms with van der Waals surface area (Å²) in [6.07, 6.45) is 6.43. The van der Waals surface area contributed by atoms with Crippen LogP contribution in [0.4, 0.5) is 11.4 Å². The maximum atomic E-state index is 15.1. The van der Waals surface area contributed by atoms with Gasteiger partial charge in [0, 0.05) is 68.9 Å². The molecule has 0 saturated carbocycles. The molecule has 4 atom stereocenters. The zero-order chi connectivity index (χ0) is 36.3. The summed E-state index contributed by atoms with van der Waals surface area (Å²) < 4.78 is 19.4. The summed E-state index contributed by atoms with van der Waals surface area (Å²) in [7, 11) is 0.678. The maximum Gasteiger partial charge on any atom is 0.305 e. The number of unbranched alkanes of at least 4 members (excludes halogenated alkanes) is 1. The highest BCUT2D eigenvalue weighted by Gasteiger charge is 2.66. The van der Waals surface area contributed by atoms with Gasteiger partial charge < -0.3 is 29.1 Å². The lowest BCUT2D eigenvalue weighted by atomic mass is 9.82. The van der Waals surface area contributed by atoms with E-state index in [1.807, 2.05) is 46.3 Å². The van der Waals surface area contributed by atoms with Crippen molar-refractivity contribution in [2.24, 2.45) is 5.92 Å². The third-order valence-corrected chi connectivity index (χ3v) is 15.7. The molecular weight excluding hydrogens is 667 g/mol. The smallest absolute Gasteiger partial charge is 0.305 e. The molecule has 0 radical (unpaired) electrons. The van der Waals surface area contributed by atoms with Crippen molar-refractivity contribution in [1.82, 2.24) is 15.0 Å². The van der Waals surface area contributed by atoms with E-state index in [9.17, 15) is 14.7 Å². The molecule has 274 valence electrons. The molecule has 3 aliphatic heterocycles. The third kappa shape index (κ3) is 6.95. The molecule has 2 saturated heterocycles. The van der Waals surface area contributed by atoms with Gasteiger partial charge >= 0.3 is 5.97 Å². The second kappa shape index (κ2) is 15.3. The number of piperidine rings is 1. The Morgan fingerprint density at radius 3 is 2.57 bits per heavy atom. The molecular formula is C38H51N5O7Si. The number of aromatic nitrogens is 3. The Kier molecular flexibility index (Phi) is 11.0. The van der Waals surface area contributed by atoms with E-state index in [-0.39, 0.29) is 48.4 Å². The molecule has 1 aromatic heterocycles. The molecule has 2 amide bonds. The van der Waals surface area contributed by atoms with Crippen LogP contribution in [0.5, 0.6) is 5.75 Å². The standard InChI is InChI=1S/C38H51N5O7Si/c1-26-36(51(4,5)30-15-13-29(48-2)14-16-30)33(18-22-41-25-27(19-23-44)39-40-41)50-38(26)31-24-28(42-20-8-6-10-34(42)45)12-17-32(31)43(37(38)47)21-9-7-11-35(46)49-3/h12-17,24-26,33,36,44H,6-11,18-23H2,1-5H3/t26-,33+,36-,38+/m0/s1. The number of rotatable bonds is 14. The summed E-state index contributed by atoms with van der Waals surface area (Å²) in [5.41, 5.74) is 1.89. The third-order valence-electron chi connectivity index (χ3n) is 11.3. The second-order valence-electron chi connectivity index (χ2n) is 14.6. The monoisotopic (exact) mass is 717 g/mol. The summed E-state index contributed by atoms with van der Waals surface area (Å²) in [6.45, 7) is 8.49. The molecule has 6 rings (SSSR count). The first kappa shape index (κ1) is 36.7. The molecule has 2 fully saturated rings. The van der Waals surface area contributed by atoms with Gasteiger partial charge in [-0.25, -0.2) is 0 Å². The van der Waals surface area contributed by atoms with Gasteiger partial charge in [0.05, 0.1) is 39.8 Å². The highest BCUT2D eigenvalue weighted by Crippen LogP contribution is 2.60. The lowest BCUT2D eigenvalue weighted by Crippen LogP contribution is -2.52. The van der Waals surface area contributed by atoms with Gasteiger partial charge in [-0.15, -0.1) is 5.10 Å². The van der Waals surface area contributed by atoms with E-state index in [1.165, 1.54) is 12.3 Å². The zero-order valence-electron chi connectivity index (χ0n) is 30.5. The van der Waals surface area contributed by atoms with Crippen LogP contribution in [-0.4, -0.2) is 86.0 Å². The molecule has 1 N–H and O–H groups in total. The number of methoxy groups -OCH3 is 2. The van der Waals surface area contributed by atoms with Crippen molar-refractivity contribution in [3.8, 4) is 5.75 Å². The lowest BCUT2D eigenvalue weighted by molar-refractivity contribution is -0.146. The van der Waals surface area contributed by atoms with E-state index in [0.717, 1.165) is 41.2 Å². The predicted molar refractivity (Wildman–Crippen MR) is 196 cm³/mol. The van der Waals surface area contributed by atoms with E-state index in [0.29, 0.717) is 51.7 Å². The van der Waals surface area contributed by atoms with Crippen molar-refractivity contribution in [3.05, 3.63) is 59.9 Å². The van der Waals surface area contributed by atoms with Crippen LogP contribution in [0.3, 0.4) is 0 Å². The minimum absolute atomic E-state index is 0.0000869. The van der Waals surface area contributed by atoms with Gasteiger partial charge in [0.2, 0.25) is 5.91 Å². The molecule has 3 aliphatic rings. The van der Waals surface area contributed by atoms with Gasteiger partial charge in [0.15, 0.2) is 5.60 Å². The van der Waals surface area contributed by atoms with Gasteiger partial charge in [-0.1, -0.05) is 42.6 Å². The lowest BCUT2D eigenvalue weighted by Gasteiger charge is -2.37. The number of aryl methyl sites for hydroxylation is 1. The molecule has 13 heteroatoms. The quantitative estimate of drug-likeness (QED) is 0.147. The first-order chi connectivity index (χ1) is 24.5. The number of nitrogens with zero attached hydrogens (tertiary/aromatic N) is 5. The molecule has 3 aromatic rings. The van der Waals surface area contributed by atoms with Crippen molar-refractivity contribution >= 4 is 42.4 Å². The molecule has 0 unspecified atom stereocenters. The number of hydrogen-bond acceptors (Lipinski definition) is 9. The van der Waals surface area contributed by atoms with Gasteiger partial charge in [-0.3, -0.25) is 19.1 Å². The Balaban J connectivity index is 1.41. The van der Waals surface area contributed by atoms with Crippen LogP contribution in [-0.2, 0) is 42.4 Å². The van der Waals surface area contributed by atoms with Crippen LogP contribution >= 0.6 is 0 Å². The molecule has 1 spiro atoms. The van der Waals surface area contributed by atoms with E-state index >= 15 is 4.79 Å². The fraction of sp³-hybridized carbons (Fsp3) is 0.553. The van der Waals surface area contributed by atoms with Crippen molar-refractivity contribution in [2.75, 3.05) is 43.7 Å². The zero-order valence-corrected chi connectivity index (χ0v) is 31.5. The molecule has 0 bridgehead atoms. The fourth-order valence-corrected chi connectivity index (χ4v) is 12.7. The van der Waals surface area contributed by atoms with Crippen LogP contribution in [0.15, 0.2) is 48.7 Å². The highest BCUT2D eigenvalue weighted by atomic mass is 28.3.